The highest BCUT2D eigenvalue weighted by Crippen LogP contribution is 2.40. The molecule has 182 valence electrons. The van der Waals surface area contributed by atoms with Crippen molar-refractivity contribution >= 4 is 17.5 Å². The smallest absolute Gasteiger partial charge is 0.226 e. The summed E-state index contributed by atoms with van der Waals surface area (Å²) >= 11 is 0. The molecule has 3 aliphatic heterocycles. The van der Waals surface area contributed by atoms with Crippen molar-refractivity contribution in [1.29, 1.82) is 0 Å². The summed E-state index contributed by atoms with van der Waals surface area (Å²) in [4.78, 5) is 31.2. The summed E-state index contributed by atoms with van der Waals surface area (Å²) in [5, 5.41) is 2.94. The van der Waals surface area contributed by atoms with Gasteiger partial charge in [0.05, 0.1) is 5.69 Å². The number of carbonyl (C=O) groups is 1. The van der Waals surface area contributed by atoms with Gasteiger partial charge in [0.1, 0.15) is 23.8 Å². The fraction of sp³-hybridized carbons (Fsp3) is 0.692. The van der Waals surface area contributed by atoms with Crippen molar-refractivity contribution in [3.63, 3.8) is 0 Å². The van der Waals surface area contributed by atoms with Crippen LogP contribution in [0.2, 0.25) is 0 Å². The Morgan fingerprint density at radius 3 is 2.50 bits per heavy atom. The van der Waals surface area contributed by atoms with Crippen molar-refractivity contribution in [2.75, 3.05) is 42.9 Å². The number of imidazole rings is 1. The zero-order chi connectivity index (χ0) is 23.1. The maximum Gasteiger partial charge on any atom is 0.226 e. The summed E-state index contributed by atoms with van der Waals surface area (Å²) in [6.45, 7) is 8.74. The molecule has 4 aliphatic rings. The second kappa shape index (κ2) is 9.29. The Hall–Kier alpha value is -2.48. The van der Waals surface area contributed by atoms with E-state index in [0.717, 1.165) is 50.4 Å². The van der Waals surface area contributed by atoms with Crippen LogP contribution in [-0.2, 0) is 11.3 Å². The van der Waals surface area contributed by atoms with Gasteiger partial charge in [0.25, 0.3) is 0 Å². The van der Waals surface area contributed by atoms with Gasteiger partial charge in [0, 0.05) is 56.2 Å². The number of carbonyl (C=O) groups excluding carboxylic acids is 1. The molecule has 0 aromatic carbocycles. The summed E-state index contributed by atoms with van der Waals surface area (Å²) < 4.78 is 2.50. The number of anilines is 2. The molecule has 1 atom stereocenters. The van der Waals surface area contributed by atoms with E-state index in [9.17, 15) is 4.79 Å². The number of likely N-dealkylation sites (tertiary alicyclic amines) is 1. The van der Waals surface area contributed by atoms with Crippen LogP contribution in [0.1, 0.15) is 93.1 Å². The third kappa shape index (κ3) is 4.21. The van der Waals surface area contributed by atoms with Gasteiger partial charge in [-0.05, 0) is 57.5 Å². The molecule has 1 aliphatic carbocycles. The second-order valence-electron chi connectivity index (χ2n) is 10.8. The third-order valence-corrected chi connectivity index (χ3v) is 8.47. The fourth-order valence-electron chi connectivity index (χ4n) is 6.22. The lowest BCUT2D eigenvalue weighted by atomic mass is 9.83. The first-order chi connectivity index (χ1) is 16.7. The number of rotatable bonds is 6. The van der Waals surface area contributed by atoms with Gasteiger partial charge in [-0.2, -0.15) is 0 Å². The van der Waals surface area contributed by atoms with Crippen LogP contribution in [-0.4, -0.2) is 63.0 Å². The molecule has 0 spiro atoms. The van der Waals surface area contributed by atoms with Crippen LogP contribution < -0.4 is 10.2 Å². The molecule has 1 unspecified atom stereocenters. The molecule has 0 radical (unpaired) electrons. The quantitative estimate of drug-likeness (QED) is 0.701. The largest absolute Gasteiger partial charge is 0.356 e. The van der Waals surface area contributed by atoms with Gasteiger partial charge < -0.3 is 19.7 Å². The molecule has 5 heterocycles. The second-order valence-corrected chi connectivity index (χ2v) is 10.8. The van der Waals surface area contributed by atoms with Crippen molar-refractivity contribution in [3.05, 3.63) is 29.6 Å². The van der Waals surface area contributed by atoms with E-state index >= 15 is 0 Å². The maximum atomic E-state index is 12.0. The summed E-state index contributed by atoms with van der Waals surface area (Å²) in [7, 11) is 0. The normalized spacial score (nSPS) is 24.2. The number of amides is 1. The van der Waals surface area contributed by atoms with Crippen LogP contribution in [0.3, 0.4) is 0 Å². The van der Waals surface area contributed by atoms with E-state index < -0.39 is 0 Å². The van der Waals surface area contributed by atoms with E-state index in [1.165, 1.54) is 56.7 Å². The first kappa shape index (κ1) is 22.0. The average molecular weight is 464 g/mol. The Balaban J connectivity index is 1.18. The van der Waals surface area contributed by atoms with Crippen molar-refractivity contribution in [2.24, 2.45) is 0 Å². The molecule has 2 aromatic rings. The highest BCUT2D eigenvalue weighted by molar-refractivity contribution is 5.94. The average Bonchev–Trinajstić information content (AvgIpc) is 3.46. The molecule has 1 saturated carbocycles. The number of aromatic nitrogens is 4. The lowest BCUT2D eigenvalue weighted by Gasteiger charge is -2.35. The van der Waals surface area contributed by atoms with Crippen LogP contribution >= 0.6 is 0 Å². The molecule has 1 N–H and O–H groups in total. The van der Waals surface area contributed by atoms with E-state index in [1.807, 2.05) is 0 Å². The fourth-order valence-corrected chi connectivity index (χ4v) is 6.22. The predicted octanol–water partition coefficient (Wildman–Crippen LogP) is 3.87. The molecule has 1 amide bonds. The lowest BCUT2D eigenvalue weighted by Crippen LogP contribution is -2.36. The van der Waals surface area contributed by atoms with Gasteiger partial charge >= 0.3 is 0 Å². The Morgan fingerprint density at radius 1 is 0.971 bits per heavy atom. The number of hydrogen-bond acceptors (Lipinski definition) is 6. The van der Waals surface area contributed by atoms with Gasteiger partial charge in [-0.3, -0.25) is 4.79 Å². The maximum absolute atomic E-state index is 12.0. The predicted molar refractivity (Wildman–Crippen MR) is 132 cm³/mol. The Kier molecular flexibility index (Phi) is 6.01. The van der Waals surface area contributed by atoms with Crippen LogP contribution in [0.5, 0.6) is 0 Å². The van der Waals surface area contributed by atoms with E-state index in [-0.39, 0.29) is 11.8 Å². The molecule has 2 saturated heterocycles. The Morgan fingerprint density at radius 2 is 1.76 bits per heavy atom. The molecule has 2 aromatic heterocycles. The molecule has 6 rings (SSSR count). The van der Waals surface area contributed by atoms with Gasteiger partial charge in [0.15, 0.2) is 0 Å². The Bertz CT molecular complexity index is 1030. The van der Waals surface area contributed by atoms with Crippen LogP contribution in [0.4, 0.5) is 11.6 Å². The molecule has 34 heavy (non-hydrogen) atoms. The van der Waals surface area contributed by atoms with E-state index in [1.54, 1.807) is 6.33 Å². The SMILES string of the molecule is CC1CC(=O)Nc2ncnc(N3CCC(c4nc(C5CCC5)cn4CCN4CCCC4)CC3)c21. The highest BCUT2D eigenvalue weighted by Gasteiger charge is 2.32. The number of nitrogens with zero attached hydrogens (tertiary/aromatic N) is 6. The highest BCUT2D eigenvalue weighted by atomic mass is 16.1. The summed E-state index contributed by atoms with van der Waals surface area (Å²) in [6.07, 6.45) is 13.3. The molecule has 8 nitrogen and oxygen atoms in total. The first-order valence-corrected chi connectivity index (χ1v) is 13.3. The van der Waals surface area contributed by atoms with Crippen LogP contribution in [0, 0.1) is 0 Å². The third-order valence-electron chi connectivity index (χ3n) is 8.47. The molecule has 3 fully saturated rings. The lowest BCUT2D eigenvalue weighted by molar-refractivity contribution is -0.116. The minimum atomic E-state index is 0.0476. The zero-order valence-electron chi connectivity index (χ0n) is 20.4. The molecule has 8 heteroatoms. The number of piperidine rings is 1. The molecule has 0 bridgehead atoms. The standard InChI is InChI=1S/C26H37N7O/c1-18-15-22(34)30-24-23(18)26(28-17-27-24)32-11-7-20(8-12-32)25-29-21(19-5-4-6-19)16-33(25)14-13-31-9-2-3-10-31/h16-20H,2-15H2,1H3,(H,27,28,30,34). The van der Waals surface area contributed by atoms with Crippen LogP contribution in [0.15, 0.2) is 12.5 Å². The van der Waals surface area contributed by atoms with Crippen molar-refractivity contribution in [3.8, 4) is 0 Å². The summed E-state index contributed by atoms with van der Waals surface area (Å²) in [5.41, 5.74) is 2.43. The van der Waals surface area contributed by atoms with E-state index in [0.29, 0.717) is 24.1 Å². The number of hydrogen-bond donors (Lipinski definition) is 1. The number of nitrogens with one attached hydrogen (secondary N) is 1. The molecular weight excluding hydrogens is 426 g/mol. The van der Waals surface area contributed by atoms with Crippen molar-refractivity contribution in [1.82, 2.24) is 24.4 Å². The summed E-state index contributed by atoms with van der Waals surface area (Å²) in [6, 6.07) is 0. The topological polar surface area (TPSA) is 79.2 Å². The van der Waals surface area contributed by atoms with Gasteiger partial charge in [0.2, 0.25) is 5.91 Å². The van der Waals surface area contributed by atoms with Gasteiger partial charge in [-0.25, -0.2) is 15.0 Å². The Labute approximate surface area is 202 Å². The van der Waals surface area contributed by atoms with E-state index in [2.05, 4.69) is 42.8 Å². The van der Waals surface area contributed by atoms with Crippen molar-refractivity contribution in [2.45, 2.75) is 82.6 Å². The van der Waals surface area contributed by atoms with Crippen molar-refractivity contribution < 1.29 is 4.79 Å². The number of fused-ring (bicyclic) bond motifs is 1. The minimum Gasteiger partial charge on any atom is -0.356 e. The van der Waals surface area contributed by atoms with E-state index in [4.69, 9.17) is 4.98 Å². The van der Waals surface area contributed by atoms with Gasteiger partial charge in [-0.15, -0.1) is 0 Å². The van der Waals surface area contributed by atoms with Crippen LogP contribution in [0.25, 0.3) is 0 Å². The summed E-state index contributed by atoms with van der Waals surface area (Å²) in [5.74, 6) is 4.38. The van der Waals surface area contributed by atoms with Gasteiger partial charge in [-0.1, -0.05) is 13.3 Å². The minimum absolute atomic E-state index is 0.0476. The molecular formula is C26H37N7O. The monoisotopic (exact) mass is 463 g/mol. The first-order valence-electron chi connectivity index (χ1n) is 13.3. The zero-order valence-corrected chi connectivity index (χ0v) is 20.4.